The van der Waals surface area contributed by atoms with Crippen LogP contribution in [0.3, 0.4) is 0 Å². The fraction of sp³-hybridized carbons (Fsp3) is 0.441. The van der Waals surface area contributed by atoms with E-state index in [4.69, 9.17) is 32.9 Å². The lowest BCUT2D eigenvalue weighted by Gasteiger charge is -2.36. The highest BCUT2D eigenvalue weighted by atomic mass is 35.5. The van der Waals surface area contributed by atoms with Crippen LogP contribution in [0.1, 0.15) is 67.7 Å². The molecule has 1 aliphatic heterocycles. The predicted octanol–water partition coefficient (Wildman–Crippen LogP) is 5.48. The van der Waals surface area contributed by atoms with E-state index in [2.05, 4.69) is 20.4 Å². The van der Waals surface area contributed by atoms with Crippen molar-refractivity contribution in [1.29, 1.82) is 0 Å². The van der Waals surface area contributed by atoms with Gasteiger partial charge in [0.1, 0.15) is 17.9 Å². The molecule has 0 spiro atoms. The van der Waals surface area contributed by atoms with Crippen LogP contribution in [-0.2, 0) is 28.7 Å². The number of methoxy groups -OCH3 is 1. The van der Waals surface area contributed by atoms with Gasteiger partial charge in [-0.05, 0) is 49.5 Å². The van der Waals surface area contributed by atoms with Crippen LogP contribution >= 0.6 is 23.2 Å². The number of ether oxygens (including phenoxy) is 1. The summed E-state index contributed by atoms with van der Waals surface area (Å²) < 4.78 is 47.6. The minimum absolute atomic E-state index is 0.0102. The molecule has 2 N–H and O–H groups in total. The lowest BCUT2D eigenvalue weighted by atomic mass is 9.97. The average Bonchev–Trinajstić information content (AvgIpc) is 3.61. The van der Waals surface area contributed by atoms with E-state index in [-0.39, 0.29) is 66.6 Å². The number of aromatic hydroxyl groups is 1. The molecule has 19 heteroatoms. The van der Waals surface area contributed by atoms with Gasteiger partial charge in [0.15, 0.2) is 22.4 Å². The molecule has 1 unspecified atom stereocenters. The van der Waals surface area contributed by atoms with Gasteiger partial charge in [0, 0.05) is 39.5 Å². The number of hydrogen-bond donors (Lipinski definition) is 2. The Morgan fingerprint density at radius 2 is 1.81 bits per heavy atom. The monoisotopic (exact) mass is 779 g/mol. The van der Waals surface area contributed by atoms with E-state index in [1.807, 2.05) is 19.9 Å². The molecule has 1 atom stereocenters. The molecule has 6 rings (SSSR count). The first-order valence-electron chi connectivity index (χ1n) is 17.0. The lowest BCUT2D eigenvalue weighted by Crippen LogP contribution is -2.51. The second kappa shape index (κ2) is 16.5. The molecular formula is C34H38Cl2F3N9O5. The van der Waals surface area contributed by atoms with Gasteiger partial charge in [-0.1, -0.05) is 50.0 Å². The van der Waals surface area contributed by atoms with Crippen LogP contribution in [0.5, 0.6) is 5.75 Å². The van der Waals surface area contributed by atoms with Gasteiger partial charge in [-0.25, -0.2) is 9.97 Å². The zero-order chi connectivity index (χ0) is 38.6. The van der Waals surface area contributed by atoms with Crippen molar-refractivity contribution in [3.05, 3.63) is 73.9 Å². The molecule has 2 amide bonds. The number of hydrogen-bond acceptors (Lipinski definition) is 10. The summed E-state index contributed by atoms with van der Waals surface area (Å²) in [5.74, 6) is -1.21. The Morgan fingerprint density at radius 3 is 2.42 bits per heavy atom. The molecule has 1 fully saturated rings. The number of allylic oxidation sites excluding steroid dienone is 1. The van der Waals surface area contributed by atoms with Crippen LogP contribution in [0, 0.1) is 0 Å². The summed E-state index contributed by atoms with van der Waals surface area (Å²) in [6.07, 6.45) is 0.829. The molecule has 0 radical (unpaired) electrons. The highest BCUT2D eigenvalue weighted by Crippen LogP contribution is 2.32. The van der Waals surface area contributed by atoms with Crippen molar-refractivity contribution in [3.63, 3.8) is 0 Å². The van der Waals surface area contributed by atoms with Crippen molar-refractivity contribution >= 4 is 57.7 Å². The van der Waals surface area contributed by atoms with Crippen molar-refractivity contribution in [1.82, 2.24) is 34.0 Å². The fourth-order valence-corrected chi connectivity index (χ4v) is 6.53. The Balaban J connectivity index is 0.00000266. The minimum Gasteiger partial charge on any atom is -0.504 e. The second-order valence-corrected chi connectivity index (χ2v) is 12.7. The number of alkyl halides is 3. The number of anilines is 2. The summed E-state index contributed by atoms with van der Waals surface area (Å²) in [6, 6.07) is 3.09. The third-order valence-corrected chi connectivity index (χ3v) is 9.41. The van der Waals surface area contributed by atoms with Crippen molar-refractivity contribution in [2.75, 3.05) is 43.5 Å². The molecule has 5 heterocycles. The number of carbonyl (C=O) groups is 2. The summed E-state index contributed by atoms with van der Waals surface area (Å²) in [5.41, 5.74) is -0.499. The summed E-state index contributed by atoms with van der Waals surface area (Å²) in [7, 11) is 1.64. The van der Waals surface area contributed by atoms with E-state index >= 15 is 0 Å². The maximum atomic E-state index is 14.2. The Kier molecular flexibility index (Phi) is 12.3. The van der Waals surface area contributed by atoms with Crippen LogP contribution in [0.25, 0.3) is 11.4 Å². The minimum atomic E-state index is -4.73. The fourth-order valence-electron chi connectivity index (χ4n) is 6.18. The number of piperazine rings is 1. The molecule has 1 aliphatic carbocycles. The smallest absolute Gasteiger partial charge is 0.433 e. The molecule has 14 nitrogen and oxygen atoms in total. The van der Waals surface area contributed by atoms with Crippen LogP contribution in [0.15, 0.2) is 35.3 Å². The van der Waals surface area contributed by atoms with E-state index < -0.39 is 46.7 Å². The summed E-state index contributed by atoms with van der Waals surface area (Å²) in [4.78, 5) is 56.2. The highest BCUT2D eigenvalue weighted by Gasteiger charge is 2.34. The van der Waals surface area contributed by atoms with Gasteiger partial charge in [-0.2, -0.15) is 22.7 Å². The molecule has 284 valence electrons. The topological polar surface area (TPSA) is 160 Å². The van der Waals surface area contributed by atoms with E-state index in [1.54, 1.807) is 23.5 Å². The Labute approximate surface area is 312 Å². The zero-order valence-corrected chi connectivity index (χ0v) is 30.9. The molecule has 4 aromatic rings. The average molecular weight is 781 g/mol. The van der Waals surface area contributed by atoms with Crippen molar-refractivity contribution < 1.29 is 32.6 Å². The Bertz CT molecular complexity index is 2100. The number of carbonyl (C=O) groups excluding carboxylic acids is 2. The van der Waals surface area contributed by atoms with Crippen LogP contribution in [-0.4, -0.2) is 90.3 Å². The van der Waals surface area contributed by atoms with E-state index in [9.17, 15) is 32.7 Å². The van der Waals surface area contributed by atoms with Crippen LogP contribution in [0.4, 0.5) is 24.5 Å². The number of nitrogens with one attached hydrogen (secondary N) is 1. The number of nitrogens with zero attached hydrogens (tertiary/aromatic N) is 8. The third-order valence-electron chi connectivity index (χ3n) is 8.82. The number of halogens is 5. The maximum Gasteiger partial charge on any atom is 0.433 e. The van der Waals surface area contributed by atoms with Gasteiger partial charge in [0.05, 0.1) is 22.5 Å². The first kappa shape index (κ1) is 39.5. The van der Waals surface area contributed by atoms with Crippen molar-refractivity contribution in [2.24, 2.45) is 0 Å². The number of rotatable bonds is 8. The van der Waals surface area contributed by atoms with Gasteiger partial charge in [0.2, 0.25) is 11.7 Å². The molecule has 1 saturated heterocycles. The van der Waals surface area contributed by atoms with E-state index in [0.29, 0.717) is 30.4 Å². The maximum absolute atomic E-state index is 14.2. The van der Waals surface area contributed by atoms with E-state index in [0.717, 1.165) is 22.6 Å². The molecule has 2 aliphatic rings. The van der Waals surface area contributed by atoms with Gasteiger partial charge in [0.25, 0.3) is 11.5 Å². The molecule has 4 aromatic heterocycles. The Morgan fingerprint density at radius 1 is 1.09 bits per heavy atom. The summed E-state index contributed by atoms with van der Waals surface area (Å²) >= 11 is 12.0. The van der Waals surface area contributed by atoms with Gasteiger partial charge < -0.3 is 29.5 Å². The van der Waals surface area contributed by atoms with Gasteiger partial charge in [-0.15, -0.1) is 5.10 Å². The number of aromatic nitrogens is 6. The summed E-state index contributed by atoms with van der Waals surface area (Å²) in [6.45, 7) is 6.17. The first-order valence-corrected chi connectivity index (χ1v) is 17.7. The van der Waals surface area contributed by atoms with Crippen LogP contribution < -0.4 is 15.8 Å². The first-order chi connectivity index (χ1) is 25.3. The van der Waals surface area contributed by atoms with Crippen molar-refractivity contribution in [3.8, 4) is 5.75 Å². The summed E-state index contributed by atoms with van der Waals surface area (Å²) in [5, 5.41) is 16.8. The molecular weight excluding hydrogens is 742 g/mol. The second-order valence-electron chi connectivity index (χ2n) is 11.9. The van der Waals surface area contributed by atoms with Gasteiger partial charge >= 0.3 is 6.18 Å². The number of pyridine rings is 2. The van der Waals surface area contributed by atoms with Gasteiger partial charge in [-0.3, -0.25) is 14.4 Å². The molecule has 0 saturated carbocycles. The predicted molar refractivity (Wildman–Crippen MR) is 193 cm³/mol. The Hall–Kier alpha value is -4.74. The zero-order valence-electron chi connectivity index (χ0n) is 29.4. The lowest BCUT2D eigenvalue weighted by molar-refractivity contribution is -0.141. The third kappa shape index (κ3) is 8.26. The molecule has 53 heavy (non-hydrogen) atoms. The largest absolute Gasteiger partial charge is 0.504 e. The number of fused-ring (bicyclic) bond motifs is 1. The van der Waals surface area contributed by atoms with Crippen LogP contribution in [0.2, 0.25) is 10.2 Å². The van der Waals surface area contributed by atoms with E-state index in [1.165, 1.54) is 17.2 Å². The normalized spacial score (nSPS) is 16.2. The standard InChI is InChI=1S/C32H32Cl2F3N9O5.C2H6/c1-3-21-25(43-12-14-44(15-13-43)29(49)24-26(48)19(33)10-11-38-24)30(50)46-31(41-28(42-46)17-4-6-18(51-2)7-5-17)45(21)16-23(47)39-20-8-9-22(32(35,36)37)40-27(20)34;1-2/h4,8-11,18,48H,3,5-7,12-16H2,1-2H3,(H,39,47);1-2H3. The highest BCUT2D eigenvalue weighted by molar-refractivity contribution is 6.32. The van der Waals surface area contributed by atoms with Crippen molar-refractivity contribution in [2.45, 2.75) is 65.3 Å². The number of amides is 2. The molecule has 0 aromatic carbocycles. The SMILES string of the molecule is CC.CCc1c(N2CCN(C(=O)c3nccc(Cl)c3O)CC2)c(=O)n2nc(C3=CCC(OC)CC3)nc2n1CC(=O)Nc1ccc(C(F)(F)F)nc1Cl. The molecule has 0 bridgehead atoms. The quantitative estimate of drug-likeness (QED) is 0.219.